The van der Waals surface area contributed by atoms with Crippen molar-refractivity contribution in [1.29, 1.82) is 0 Å². The van der Waals surface area contributed by atoms with E-state index in [0.29, 0.717) is 17.8 Å². The number of rotatable bonds is 6. The van der Waals surface area contributed by atoms with Crippen molar-refractivity contribution >= 4 is 11.8 Å². The molecule has 0 heterocycles. The van der Waals surface area contributed by atoms with Crippen LogP contribution >= 0.6 is 11.8 Å². The minimum absolute atomic E-state index is 0.200. The maximum absolute atomic E-state index is 11.9. The second-order valence-electron chi connectivity index (χ2n) is 4.26. The summed E-state index contributed by atoms with van der Waals surface area (Å²) >= 11 is 1.97. The molecule has 1 saturated carbocycles. The van der Waals surface area contributed by atoms with E-state index in [-0.39, 0.29) is 6.42 Å². The second kappa shape index (κ2) is 6.74. The van der Waals surface area contributed by atoms with Gasteiger partial charge < -0.3 is 5.32 Å². The molecule has 0 radical (unpaired) electrons. The van der Waals surface area contributed by atoms with Crippen molar-refractivity contribution in [3.8, 4) is 0 Å². The quantitative estimate of drug-likeness (QED) is 0.728. The highest BCUT2D eigenvalue weighted by molar-refractivity contribution is 7.99. The lowest BCUT2D eigenvalue weighted by Gasteiger charge is -2.13. The maximum Gasteiger partial charge on any atom is 0.389 e. The van der Waals surface area contributed by atoms with Gasteiger partial charge in [0.2, 0.25) is 0 Å². The van der Waals surface area contributed by atoms with Gasteiger partial charge in [-0.1, -0.05) is 6.92 Å². The molecule has 0 aromatic rings. The Labute approximate surface area is 99.6 Å². The van der Waals surface area contributed by atoms with Crippen LogP contribution in [0.3, 0.4) is 0 Å². The average molecular weight is 255 g/mol. The smallest absolute Gasteiger partial charge is 0.314 e. The number of hydrogen-bond acceptors (Lipinski definition) is 2. The Kier molecular flexibility index (Phi) is 5.97. The summed E-state index contributed by atoms with van der Waals surface area (Å²) in [4.78, 5) is 0. The zero-order valence-electron chi connectivity index (χ0n) is 9.65. The summed E-state index contributed by atoms with van der Waals surface area (Å²) in [7, 11) is 0. The molecular formula is C11H20F3NS. The molecule has 0 aromatic carbocycles. The van der Waals surface area contributed by atoms with Crippen LogP contribution in [-0.2, 0) is 0 Å². The number of alkyl halides is 3. The SMILES string of the molecule is CCSC1CCC(NCCCC(F)(F)F)C1. The van der Waals surface area contributed by atoms with Gasteiger partial charge in [0.1, 0.15) is 0 Å². The Balaban J connectivity index is 2.02. The minimum atomic E-state index is -4.00. The van der Waals surface area contributed by atoms with Crippen LogP contribution < -0.4 is 5.32 Å². The van der Waals surface area contributed by atoms with Gasteiger partial charge in [0, 0.05) is 17.7 Å². The molecule has 2 atom stereocenters. The molecule has 1 rings (SSSR count). The van der Waals surface area contributed by atoms with Crippen molar-refractivity contribution in [1.82, 2.24) is 5.32 Å². The van der Waals surface area contributed by atoms with Crippen LogP contribution in [-0.4, -0.2) is 29.8 Å². The average Bonchev–Trinajstić information content (AvgIpc) is 2.60. The monoisotopic (exact) mass is 255 g/mol. The van der Waals surface area contributed by atoms with Crippen molar-refractivity contribution < 1.29 is 13.2 Å². The molecule has 1 N–H and O–H groups in total. The maximum atomic E-state index is 11.9. The summed E-state index contributed by atoms with van der Waals surface area (Å²) < 4.78 is 35.7. The summed E-state index contributed by atoms with van der Waals surface area (Å²) in [5.74, 6) is 1.13. The molecule has 0 saturated heterocycles. The third-order valence-corrected chi connectivity index (χ3v) is 4.09. The molecule has 0 aliphatic heterocycles. The van der Waals surface area contributed by atoms with Crippen molar-refractivity contribution in [3.63, 3.8) is 0 Å². The summed E-state index contributed by atoms with van der Waals surface area (Å²) in [6, 6.07) is 0.442. The van der Waals surface area contributed by atoms with E-state index in [4.69, 9.17) is 0 Å². The Morgan fingerprint density at radius 3 is 2.69 bits per heavy atom. The Bertz CT molecular complexity index is 196. The first-order valence-electron chi connectivity index (χ1n) is 5.93. The molecule has 1 nitrogen and oxygen atoms in total. The first-order chi connectivity index (χ1) is 7.51. The highest BCUT2D eigenvalue weighted by Gasteiger charge is 2.27. The van der Waals surface area contributed by atoms with Gasteiger partial charge in [-0.15, -0.1) is 0 Å². The predicted molar refractivity (Wildman–Crippen MR) is 62.9 cm³/mol. The van der Waals surface area contributed by atoms with E-state index in [1.165, 1.54) is 6.42 Å². The van der Waals surface area contributed by atoms with E-state index in [2.05, 4.69) is 12.2 Å². The largest absolute Gasteiger partial charge is 0.389 e. The van der Waals surface area contributed by atoms with Crippen LogP contribution in [0.5, 0.6) is 0 Å². The van der Waals surface area contributed by atoms with Crippen LogP contribution in [0.4, 0.5) is 13.2 Å². The zero-order valence-corrected chi connectivity index (χ0v) is 10.5. The number of nitrogens with one attached hydrogen (secondary N) is 1. The summed E-state index contributed by atoms with van der Waals surface area (Å²) in [6.45, 7) is 2.64. The van der Waals surface area contributed by atoms with E-state index in [1.54, 1.807) is 0 Å². The second-order valence-corrected chi connectivity index (χ2v) is 5.84. The van der Waals surface area contributed by atoms with Gasteiger partial charge in [-0.3, -0.25) is 0 Å². The molecule has 0 spiro atoms. The molecule has 96 valence electrons. The van der Waals surface area contributed by atoms with E-state index in [0.717, 1.165) is 18.6 Å². The van der Waals surface area contributed by atoms with Crippen molar-refractivity contribution in [2.45, 2.75) is 56.5 Å². The lowest BCUT2D eigenvalue weighted by atomic mass is 10.2. The zero-order chi connectivity index (χ0) is 12.0. The van der Waals surface area contributed by atoms with Gasteiger partial charge in [-0.05, 0) is 38.0 Å². The number of halogens is 3. The van der Waals surface area contributed by atoms with E-state index >= 15 is 0 Å². The van der Waals surface area contributed by atoms with Crippen molar-refractivity contribution in [3.05, 3.63) is 0 Å². The summed E-state index contributed by atoms with van der Waals surface area (Å²) in [5.41, 5.74) is 0. The third-order valence-electron chi connectivity index (χ3n) is 2.86. The molecule has 0 amide bonds. The van der Waals surface area contributed by atoms with Crippen LogP contribution in [0, 0.1) is 0 Å². The summed E-state index contributed by atoms with van der Waals surface area (Å²) in [6.07, 6.45) is -1.03. The first-order valence-corrected chi connectivity index (χ1v) is 6.98. The summed E-state index contributed by atoms with van der Waals surface area (Å²) in [5, 5.41) is 3.94. The molecule has 0 bridgehead atoms. The van der Waals surface area contributed by atoms with E-state index in [9.17, 15) is 13.2 Å². The fourth-order valence-corrected chi connectivity index (χ4v) is 3.25. The first kappa shape index (κ1) is 14.2. The highest BCUT2D eigenvalue weighted by atomic mass is 32.2. The Morgan fingerprint density at radius 2 is 2.06 bits per heavy atom. The van der Waals surface area contributed by atoms with Gasteiger partial charge in [0.15, 0.2) is 0 Å². The number of thioether (sulfide) groups is 1. The van der Waals surface area contributed by atoms with Gasteiger partial charge in [0.25, 0.3) is 0 Å². The standard InChI is InChI=1S/C11H20F3NS/c1-2-16-10-5-4-9(8-10)15-7-3-6-11(12,13)14/h9-10,15H,2-8H2,1H3. The normalized spacial score (nSPS) is 26.2. The van der Waals surface area contributed by atoms with Gasteiger partial charge in [-0.25, -0.2) is 0 Å². The van der Waals surface area contributed by atoms with Crippen LogP contribution in [0.15, 0.2) is 0 Å². The van der Waals surface area contributed by atoms with E-state index in [1.807, 2.05) is 11.8 Å². The lowest BCUT2D eigenvalue weighted by molar-refractivity contribution is -0.135. The van der Waals surface area contributed by atoms with E-state index < -0.39 is 12.6 Å². The fraction of sp³-hybridized carbons (Fsp3) is 1.00. The predicted octanol–water partition coefficient (Wildman–Crippen LogP) is 3.59. The molecule has 1 fully saturated rings. The Hall–Kier alpha value is 0.100. The van der Waals surface area contributed by atoms with Crippen LogP contribution in [0.1, 0.15) is 39.0 Å². The fourth-order valence-electron chi connectivity index (χ4n) is 2.11. The Morgan fingerprint density at radius 1 is 1.31 bits per heavy atom. The number of hydrogen-bond donors (Lipinski definition) is 1. The van der Waals surface area contributed by atoms with Crippen LogP contribution in [0.2, 0.25) is 0 Å². The molecule has 16 heavy (non-hydrogen) atoms. The van der Waals surface area contributed by atoms with Gasteiger partial charge in [-0.2, -0.15) is 24.9 Å². The van der Waals surface area contributed by atoms with Gasteiger partial charge in [0.05, 0.1) is 0 Å². The van der Waals surface area contributed by atoms with Crippen molar-refractivity contribution in [2.24, 2.45) is 0 Å². The topological polar surface area (TPSA) is 12.0 Å². The molecule has 1 aliphatic carbocycles. The molecule has 5 heteroatoms. The van der Waals surface area contributed by atoms with Crippen LogP contribution in [0.25, 0.3) is 0 Å². The lowest BCUT2D eigenvalue weighted by Crippen LogP contribution is -2.28. The molecule has 0 aromatic heterocycles. The molecule has 2 unspecified atom stereocenters. The third kappa shape index (κ3) is 5.99. The molecular weight excluding hydrogens is 235 g/mol. The van der Waals surface area contributed by atoms with Crippen molar-refractivity contribution in [2.75, 3.05) is 12.3 Å². The van der Waals surface area contributed by atoms with Gasteiger partial charge >= 0.3 is 6.18 Å². The molecule has 1 aliphatic rings. The minimum Gasteiger partial charge on any atom is -0.314 e. The highest BCUT2D eigenvalue weighted by Crippen LogP contribution is 2.29.